The van der Waals surface area contributed by atoms with E-state index in [0.717, 1.165) is 25.2 Å². The summed E-state index contributed by atoms with van der Waals surface area (Å²) in [6, 6.07) is 6.98. The first-order chi connectivity index (χ1) is 9.20. The molecule has 0 spiro atoms. The van der Waals surface area contributed by atoms with Crippen molar-refractivity contribution in [3.05, 3.63) is 53.1 Å². The molecule has 0 aliphatic rings. The Morgan fingerprint density at radius 2 is 2.16 bits per heavy atom. The van der Waals surface area contributed by atoms with E-state index in [1.807, 2.05) is 12.4 Å². The van der Waals surface area contributed by atoms with Gasteiger partial charge in [0.25, 0.3) is 0 Å². The molecule has 2 rings (SSSR count). The number of benzene rings is 1. The van der Waals surface area contributed by atoms with Gasteiger partial charge >= 0.3 is 0 Å². The van der Waals surface area contributed by atoms with E-state index in [-0.39, 0.29) is 0 Å². The normalized spacial score (nSPS) is 12.6. The molecule has 1 unspecified atom stereocenters. The number of aryl methyl sites for hydroxylation is 2. The minimum Gasteiger partial charge on any atom is -0.349 e. The monoisotopic (exact) mass is 257 g/mol. The number of nitrogens with zero attached hydrogens (tertiary/aromatic N) is 1. The van der Waals surface area contributed by atoms with E-state index in [9.17, 15) is 0 Å². The lowest BCUT2D eigenvalue weighted by atomic mass is 9.96. The summed E-state index contributed by atoms with van der Waals surface area (Å²) >= 11 is 0. The fraction of sp³-hybridized carbons (Fsp3) is 0.438. The number of aromatic nitrogens is 2. The molecule has 2 N–H and O–H groups in total. The maximum Gasteiger partial charge on any atom is 0.107 e. The third-order valence-electron chi connectivity index (χ3n) is 3.40. The van der Waals surface area contributed by atoms with Crippen molar-refractivity contribution in [2.24, 2.45) is 0 Å². The third-order valence-corrected chi connectivity index (χ3v) is 3.40. The molecular formula is C16H23N3. The minimum absolute atomic E-state index is 0.325. The summed E-state index contributed by atoms with van der Waals surface area (Å²) in [6.07, 6.45) is 5.74. The van der Waals surface area contributed by atoms with Crippen molar-refractivity contribution in [3.63, 3.8) is 0 Å². The zero-order valence-corrected chi connectivity index (χ0v) is 12.0. The molecule has 1 aromatic heterocycles. The van der Waals surface area contributed by atoms with Crippen LogP contribution in [0.1, 0.15) is 41.9 Å². The number of hydrogen-bond acceptors (Lipinski definition) is 2. The second kappa shape index (κ2) is 6.53. The Hall–Kier alpha value is -1.61. The van der Waals surface area contributed by atoms with Gasteiger partial charge < -0.3 is 10.3 Å². The first kappa shape index (κ1) is 13.8. The largest absolute Gasteiger partial charge is 0.349 e. The zero-order chi connectivity index (χ0) is 13.7. The van der Waals surface area contributed by atoms with Crippen molar-refractivity contribution in [2.75, 3.05) is 6.54 Å². The van der Waals surface area contributed by atoms with Gasteiger partial charge in [-0.05, 0) is 37.9 Å². The van der Waals surface area contributed by atoms with E-state index in [4.69, 9.17) is 0 Å². The lowest BCUT2D eigenvalue weighted by Gasteiger charge is -2.20. The second-order valence-corrected chi connectivity index (χ2v) is 5.11. The van der Waals surface area contributed by atoms with Crippen molar-refractivity contribution in [1.29, 1.82) is 0 Å². The highest BCUT2D eigenvalue weighted by molar-refractivity contribution is 5.33. The number of H-pyrrole nitrogens is 1. The van der Waals surface area contributed by atoms with Crippen LogP contribution >= 0.6 is 0 Å². The molecule has 0 saturated carbocycles. The molecule has 0 aliphatic heterocycles. The van der Waals surface area contributed by atoms with Crippen LogP contribution in [0, 0.1) is 13.8 Å². The minimum atomic E-state index is 0.325. The molecule has 0 aliphatic carbocycles. The highest BCUT2D eigenvalue weighted by Gasteiger charge is 2.15. The van der Waals surface area contributed by atoms with Crippen molar-refractivity contribution in [3.8, 4) is 0 Å². The Bertz CT molecular complexity index is 503. The number of nitrogens with one attached hydrogen (secondary N) is 2. The fourth-order valence-electron chi connectivity index (χ4n) is 2.35. The predicted octanol–water partition coefficient (Wildman–Crippen LogP) is 3.31. The third kappa shape index (κ3) is 3.67. The van der Waals surface area contributed by atoms with Crippen molar-refractivity contribution < 1.29 is 0 Å². The summed E-state index contributed by atoms with van der Waals surface area (Å²) in [5.41, 5.74) is 4.03. The standard InChI is InChI=1S/C16H23N3/c1-4-7-17-15(11-16-18-8-9-19-16)14-10-12(2)5-6-13(14)3/h5-6,8-10,15,17H,4,7,11H2,1-3H3,(H,18,19). The van der Waals surface area contributed by atoms with Gasteiger partial charge in [0.2, 0.25) is 0 Å². The Kier molecular flexibility index (Phi) is 4.74. The first-order valence-electron chi connectivity index (χ1n) is 6.99. The molecule has 3 heteroatoms. The average Bonchev–Trinajstić information content (AvgIpc) is 2.90. The molecule has 0 amide bonds. The Morgan fingerprint density at radius 3 is 2.84 bits per heavy atom. The van der Waals surface area contributed by atoms with Crippen LogP contribution in [0.15, 0.2) is 30.6 Å². The van der Waals surface area contributed by atoms with Crippen LogP contribution in [-0.2, 0) is 6.42 Å². The van der Waals surface area contributed by atoms with Crippen molar-refractivity contribution in [2.45, 2.75) is 39.7 Å². The van der Waals surface area contributed by atoms with Crippen LogP contribution < -0.4 is 5.32 Å². The second-order valence-electron chi connectivity index (χ2n) is 5.11. The first-order valence-corrected chi connectivity index (χ1v) is 6.99. The van der Waals surface area contributed by atoms with Crippen LogP contribution in [0.5, 0.6) is 0 Å². The number of hydrogen-bond donors (Lipinski definition) is 2. The molecule has 19 heavy (non-hydrogen) atoms. The topological polar surface area (TPSA) is 40.7 Å². The van der Waals surface area contributed by atoms with Crippen molar-refractivity contribution >= 4 is 0 Å². The summed E-state index contributed by atoms with van der Waals surface area (Å²) in [4.78, 5) is 7.54. The maximum absolute atomic E-state index is 4.35. The molecule has 0 radical (unpaired) electrons. The van der Waals surface area contributed by atoms with E-state index in [0.29, 0.717) is 6.04 Å². The van der Waals surface area contributed by atoms with Crippen LogP contribution in [0.25, 0.3) is 0 Å². The fourth-order valence-corrected chi connectivity index (χ4v) is 2.35. The molecule has 1 heterocycles. The van der Waals surface area contributed by atoms with Crippen LogP contribution in [0.2, 0.25) is 0 Å². The quantitative estimate of drug-likeness (QED) is 0.833. The summed E-state index contributed by atoms with van der Waals surface area (Å²) in [5, 5.41) is 3.63. The Labute approximate surface area is 115 Å². The molecule has 102 valence electrons. The number of rotatable bonds is 6. The van der Waals surface area contributed by atoms with Gasteiger partial charge in [-0.1, -0.05) is 30.7 Å². The molecule has 1 atom stereocenters. The van der Waals surface area contributed by atoms with Crippen LogP contribution in [0.4, 0.5) is 0 Å². The van der Waals surface area contributed by atoms with Gasteiger partial charge in [0, 0.05) is 24.9 Å². The maximum atomic E-state index is 4.35. The molecule has 0 fully saturated rings. The summed E-state index contributed by atoms with van der Waals surface area (Å²) in [7, 11) is 0. The zero-order valence-electron chi connectivity index (χ0n) is 12.0. The average molecular weight is 257 g/mol. The molecule has 3 nitrogen and oxygen atoms in total. The predicted molar refractivity (Wildman–Crippen MR) is 79.2 cm³/mol. The highest BCUT2D eigenvalue weighted by atomic mass is 14.9. The van der Waals surface area contributed by atoms with Gasteiger partial charge in [0.05, 0.1) is 0 Å². The molecular weight excluding hydrogens is 234 g/mol. The van der Waals surface area contributed by atoms with E-state index < -0.39 is 0 Å². The van der Waals surface area contributed by atoms with Gasteiger partial charge in [0.15, 0.2) is 0 Å². The summed E-state index contributed by atoms with van der Waals surface area (Å²) < 4.78 is 0. The van der Waals surface area contributed by atoms with E-state index >= 15 is 0 Å². The van der Waals surface area contributed by atoms with E-state index in [1.54, 1.807) is 0 Å². The van der Waals surface area contributed by atoms with Crippen molar-refractivity contribution in [1.82, 2.24) is 15.3 Å². The lowest BCUT2D eigenvalue weighted by Crippen LogP contribution is -2.25. The molecule has 2 aromatic rings. The SMILES string of the molecule is CCCNC(Cc1ncc[nH]1)c1cc(C)ccc1C. The summed E-state index contributed by atoms with van der Waals surface area (Å²) in [5.74, 6) is 1.04. The molecule has 1 aromatic carbocycles. The molecule has 0 bridgehead atoms. The number of aromatic amines is 1. The highest BCUT2D eigenvalue weighted by Crippen LogP contribution is 2.22. The smallest absolute Gasteiger partial charge is 0.107 e. The number of imidazole rings is 1. The van der Waals surface area contributed by atoms with Gasteiger partial charge in [-0.25, -0.2) is 4.98 Å². The Balaban J connectivity index is 2.23. The van der Waals surface area contributed by atoms with Gasteiger partial charge in [0.1, 0.15) is 5.82 Å². The van der Waals surface area contributed by atoms with Crippen LogP contribution in [0.3, 0.4) is 0 Å². The van der Waals surface area contributed by atoms with Gasteiger partial charge in [-0.3, -0.25) is 0 Å². The van der Waals surface area contributed by atoms with E-state index in [1.165, 1.54) is 16.7 Å². The molecule has 0 saturated heterocycles. The van der Waals surface area contributed by atoms with Gasteiger partial charge in [-0.15, -0.1) is 0 Å². The van der Waals surface area contributed by atoms with Gasteiger partial charge in [-0.2, -0.15) is 0 Å². The lowest BCUT2D eigenvalue weighted by molar-refractivity contribution is 0.518. The Morgan fingerprint density at radius 1 is 1.32 bits per heavy atom. The summed E-state index contributed by atoms with van der Waals surface area (Å²) in [6.45, 7) is 7.54. The van der Waals surface area contributed by atoms with Crippen LogP contribution in [-0.4, -0.2) is 16.5 Å². The van der Waals surface area contributed by atoms with E-state index in [2.05, 4.69) is 54.3 Å².